The fourth-order valence-corrected chi connectivity index (χ4v) is 4.42. The van der Waals surface area contributed by atoms with E-state index in [9.17, 15) is 9.59 Å². The summed E-state index contributed by atoms with van der Waals surface area (Å²) >= 11 is 1.33. The number of ether oxygens (including phenoxy) is 2. The molecule has 0 atom stereocenters. The van der Waals surface area contributed by atoms with Gasteiger partial charge >= 0.3 is 0 Å². The Kier molecular flexibility index (Phi) is 6.01. The van der Waals surface area contributed by atoms with Crippen molar-refractivity contribution in [1.82, 2.24) is 9.97 Å². The first-order valence-corrected chi connectivity index (χ1v) is 11.5. The largest absolute Gasteiger partial charge is 0.454 e. The molecular weight excluding hydrogens is 452 g/mol. The lowest BCUT2D eigenvalue weighted by Crippen LogP contribution is -2.19. The third-order valence-corrected chi connectivity index (χ3v) is 6.09. The fraction of sp³-hybridized carbons (Fsp3) is 0.120. The number of benzene rings is 3. The van der Waals surface area contributed by atoms with Crippen molar-refractivity contribution in [3.8, 4) is 11.5 Å². The first kappa shape index (κ1) is 21.7. The molecule has 2 heterocycles. The minimum absolute atomic E-state index is 0.137. The second kappa shape index (κ2) is 9.40. The third kappa shape index (κ3) is 4.65. The van der Waals surface area contributed by atoms with E-state index in [-0.39, 0.29) is 24.4 Å². The number of fused-ring (bicyclic) bond motifs is 2. The highest BCUT2D eigenvalue weighted by molar-refractivity contribution is 8.00. The number of hydrogen-bond acceptors (Lipinski definition) is 7. The molecule has 2 amide bonds. The highest BCUT2D eigenvalue weighted by Gasteiger charge is 2.17. The SMILES string of the molecule is Cc1nc(SCC(=O)Nc2ccccc2C(=O)Nc2ccc3c(c2)OCO3)c2ccccc2n1. The van der Waals surface area contributed by atoms with Gasteiger partial charge in [0.2, 0.25) is 12.7 Å². The Labute approximate surface area is 199 Å². The van der Waals surface area contributed by atoms with Crippen LogP contribution in [0.25, 0.3) is 10.9 Å². The summed E-state index contributed by atoms with van der Waals surface area (Å²) in [5.74, 6) is 1.40. The van der Waals surface area contributed by atoms with E-state index in [1.165, 1.54) is 11.8 Å². The molecule has 4 aromatic rings. The number of para-hydroxylation sites is 2. The summed E-state index contributed by atoms with van der Waals surface area (Å²) in [4.78, 5) is 34.6. The smallest absolute Gasteiger partial charge is 0.257 e. The number of carbonyl (C=O) groups is 2. The zero-order valence-electron chi connectivity index (χ0n) is 18.2. The minimum atomic E-state index is -0.347. The van der Waals surface area contributed by atoms with E-state index in [0.717, 1.165) is 15.9 Å². The maximum absolute atomic E-state index is 12.9. The second-order valence-electron chi connectivity index (χ2n) is 7.50. The number of hydrogen-bond donors (Lipinski definition) is 2. The van der Waals surface area contributed by atoms with Gasteiger partial charge in [0.1, 0.15) is 10.9 Å². The molecular formula is C25H20N4O4S. The van der Waals surface area contributed by atoms with Crippen molar-refractivity contribution in [1.29, 1.82) is 0 Å². The Morgan fingerprint density at radius 2 is 1.74 bits per heavy atom. The number of aromatic nitrogens is 2. The van der Waals surface area contributed by atoms with E-state index < -0.39 is 0 Å². The second-order valence-corrected chi connectivity index (χ2v) is 8.46. The molecule has 1 aromatic heterocycles. The molecule has 0 saturated carbocycles. The monoisotopic (exact) mass is 472 g/mol. The Bertz CT molecular complexity index is 1410. The first-order chi connectivity index (χ1) is 16.6. The van der Waals surface area contributed by atoms with Crippen LogP contribution in [0.1, 0.15) is 16.2 Å². The van der Waals surface area contributed by atoms with Crippen LogP contribution in [0.5, 0.6) is 11.5 Å². The number of amides is 2. The van der Waals surface area contributed by atoms with Crippen LogP contribution in [-0.4, -0.2) is 34.3 Å². The lowest BCUT2D eigenvalue weighted by atomic mass is 10.1. The van der Waals surface area contributed by atoms with Crippen molar-refractivity contribution < 1.29 is 19.1 Å². The van der Waals surface area contributed by atoms with Gasteiger partial charge in [0.15, 0.2) is 11.5 Å². The van der Waals surface area contributed by atoms with Crippen LogP contribution in [0.4, 0.5) is 11.4 Å². The van der Waals surface area contributed by atoms with Gasteiger partial charge in [0.25, 0.3) is 5.91 Å². The van der Waals surface area contributed by atoms with Crippen LogP contribution in [0.3, 0.4) is 0 Å². The summed E-state index contributed by atoms with van der Waals surface area (Å²) in [6.45, 7) is 1.98. The van der Waals surface area contributed by atoms with Crippen molar-refractivity contribution in [2.75, 3.05) is 23.2 Å². The van der Waals surface area contributed by atoms with Gasteiger partial charge in [0.05, 0.1) is 22.5 Å². The molecule has 34 heavy (non-hydrogen) atoms. The highest BCUT2D eigenvalue weighted by Crippen LogP contribution is 2.34. The first-order valence-electron chi connectivity index (χ1n) is 10.5. The summed E-state index contributed by atoms with van der Waals surface area (Å²) in [6.07, 6.45) is 0. The van der Waals surface area contributed by atoms with Crippen molar-refractivity contribution >= 4 is 45.9 Å². The van der Waals surface area contributed by atoms with Gasteiger partial charge in [-0.1, -0.05) is 42.1 Å². The molecule has 2 N–H and O–H groups in total. The van der Waals surface area contributed by atoms with Crippen molar-refractivity contribution in [3.05, 3.63) is 78.1 Å². The number of nitrogens with zero attached hydrogens (tertiary/aromatic N) is 2. The summed E-state index contributed by atoms with van der Waals surface area (Å²) in [6, 6.07) is 19.7. The molecule has 0 saturated heterocycles. The fourth-order valence-electron chi connectivity index (χ4n) is 3.55. The Morgan fingerprint density at radius 3 is 2.65 bits per heavy atom. The van der Waals surface area contributed by atoms with Gasteiger partial charge in [-0.05, 0) is 37.3 Å². The molecule has 5 rings (SSSR count). The number of thioether (sulfide) groups is 1. The van der Waals surface area contributed by atoms with Crippen molar-refractivity contribution in [2.24, 2.45) is 0 Å². The van der Waals surface area contributed by atoms with Crippen LogP contribution < -0.4 is 20.1 Å². The van der Waals surface area contributed by atoms with Crippen molar-refractivity contribution in [2.45, 2.75) is 11.9 Å². The third-order valence-electron chi connectivity index (χ3n) is 5.10. The van der Waals surface area contributed by atoms with E-state index in [1.54, 1.807) is 42.5 Å². The molecule has 8 nitrogen and oxygen atoms in total. The topological polar surface area (TPSA) is 102 Å². The summed E-state index contributed by atoms with van der Waals surface area (Å²) in [5.41, 5.74) is 2.18. The average Bonchev–Trinajstić information content (AvgIpc) is 3.30. The molecule has 9 heteroatoms. The molecule has 0 spiro atoms. The zero-order chi connectivity index (χ0) is 23.5. The molecule has 1 aliphatic rings. The summed E-state index contributed by atoms with van der Waals surface area (Å²) in [7, 11) is 0. The van der Waals surface area contributed by atoms with Gasteiger partial charge in [-0.15, -0.1) is 0 Å². The quantitative estimate of drug-likeness (QED) is 0.311. The molecule has 3 aromatic carbocycles. The van der Waals surface area contributed by atoms with Crippen LogP contribution >= 0.6 is 11.8 Å². The van der Waals surface area contributed by atoms with Crippen LogP contribution in [0.2, 0.25) is 0 Å². The summed E-state index contributed by atoms with van der Waals surface area (Å²) < 4.78 is 10.7. The number of rotatable bonds is 6. The normalized spacial score (nSPS) is 11.9. The van der Waals surface area contributed by atoms with Gasteiger partial charge in [-0.25, -0.2) is 9.97 Å². The maximum atomic E-state index is 12.9. The molecule has 1 aliphatic heterocycles. The van der Waals surface area contributed by atoms with Gasteiger partial charge in [-0.3, -0.25) is 9.59 Å². The Hall–Kier alpha value is -4.11. The molecule has 0 fully saturated rings. The van der Waals surface area contributed by atoms with E-state index in [4.69, 9.17) is 9.47 Å². The predicted octanol–water partition coefficient (Wildman–Crippen LogP) is 4.65. The lowest BCUT2D eigenvalue weighted by Gasteiger charge is -2.12. The van der Waals surface area contributed by atoms with E-state index in [1.807, 2.05) is 31.2 Å². The number of anilines is 2. The Morgan fingerprint density at radius 1 is 0.941 bits per heavy atom. The summed E-state index contributed by atoms with van der Waals surface area (Å²) in [5, 5.41) is 7.32. The maximum Gasteiger partial charge on any atom is 0.257 e. The molecule has 0 radical (unpaired) electrons. The van der Waals surface area contributed by atoms with Gasteiger partial charge < -0.3 is 20.1 Å². The van der Waals surface area contributed by atoms with Gasteiger partial charge in [-0.2, -0.15) is 0 Å². The predicted molar refractivity (Wildman–Crippen MR) is 131 cm³/mol. The molecule has 0 unspecified atom stereocenters. The van der Waals surface area contributed by atoms with Gasteiger partial charge in [0, 0.05) is 17.1 Å². The minimum Gasteiger partial charge on any atom is -0.454 e. The van der Waals surface area contributed by atoms with Crippen LogP contribution in [0.15, 0.2) is 71.8 Å². The lowest BCUT2D eigenvalue weighted by molar-refractivity contribution is -0.113. The molecule has 170 valence electrons. The number of nitrogens with one attached hydrogen (secondary N) is 2. The Balaban J connectivity index is 1.27. The molecule has 0 bridgehead atoms. The van der Waals surface area contributed by atoms with Crippen LogP contribution in [0, 0.1) is 6.92 Å². The van der Waals surface area contributed by atoms with Crippen LogP contribution in [-0.2, 0) is 4.79 Å². The van der Waals surface area contributed by atoms with E-state index >= 15 is 0 Å². The molecule has 0 aliphatic carbocycles. The van der Waals surface area contributed by atoms with E-state index in [2.05, 4.69) is 20.6 Å². The zero-order valence-corrected chi connectivity index (χ0v) is 19.0. The van der Waals surface area contributed by atoms with E-state index in [0.29, 0.717) is 34.3 Å². The van der Waals surface area contributed by atoms with Crippen molar-refractivity contribution in [3.63, 3.8) is 0 Å². The standard InChI is InChI=1S/C25H20N4O4S/c1-15-26-20-9-5-3-7-18(20)25(27-15)34-13-23(30)29-19-8-4-2-6-17(19)24(31)28-16-10-11-21-22(12-16)33-14-32-21/h2-12H,13-14H2,1H3,(H,28,31)(H,29,30). The average molecular weight is 473 g/mol. The number of carbonyl (C=O) groups excluding carboxylic acids is 2. The highest BCUT2D eigenvalue weighted by atomic mass is 32.2. The number of aryl methyl sites for hydroxylation is 1.